The Morgan fingerprint density at radius 3 is 3.00 bits per heavy atom. The van der Waals surface area contributed by atoms with Crippen molar-refractivity contribution >= 4 is 17.0 Å². The molecule has 0 spiro atoms. The Bertz CT molecular complexity index is 346. The molecular weight excluding hydrogens is 182 g/mol. The van der Waals surface area contributed by atoms with Gasteiger partial charge in [-0.1, -0.05) is 11.1 Å². The molecule has 0 aliphatic heterocycles. The van der Waals surface area contributed by atoms with Gasteiger partial charge in [-0.3, -0.25) is 0 Å². The fraction of sp³-hybridized carbons (Fsp3) is 0.300. The number of aryl methyl sites for hydroxylation is 1. The van der Waals surface area contributed by atoms with Crippen LogP contribution >= 0.6 is 11.3 Å². The van der Waals surface area contributed by atoms with Crippen molar-refractivity contribution in [3.63, 3.8) is 0 Å². The highest BCUT2D eigenvalue weighted by Crippen LogP contribution is 2.15. The lowest BCUT2D eigenvalue weighted by molar-refractivity contribution is 0.180. The van der Waals surface area contributed by atoms with Gasteiger partial charge in [-0.15, -0.1) is 17.8 Å². The van der Waals surface area contributed by atoms with Crippen molar-refractivity contribution < 1.29 is 4.84 Å². The van der Waals surface area contributed by atoms with Crippen molar-refractivity contribution in [2.75, 3.05) is 6.61 Å². The van der Waals surface area contributed by atoms with E-state index in [4.69, 9.17) is 11.3 Å². The van der Waals surface area contributed by atoms with Crippen molar-refractivity contribution in [1.29, 1.82) is 0 Å². The lowest BCUT2D eigenvalue weighted by Gasteiger charge is -1.95. The van der Waals surface area contributed by atoms with Gasteiger partial charge in [0, 0.05) is 4.88 Å². The van der Waals surface area contributed by atoms with Crippen LogP contribution in [-0.4, -0.2) is 12.3 Å². The highest BCUT2D eigenvalue weighted by atomic mass is 32.1. The third kappa shape index (κ3) is 2.92. The molecule has 0 N–H and O–H groups in total. The second-order valence-electron chi connectivity index (χ2n) is 2.56. The maximum Gasteiger partial charge on any atom is 0.177 e. The van der Waals surface area contributed by atoms with E-state index >= 15 is 0 Å². The molecule has 0 aliphatic rings. The van der Waals surface area contributed by atoms with Crippen molar-refractivity contribution in [3.05, 3.63) is 21.9 Å². The van der Waals surface area contributed by atoms with Gasteiger partial charge >= 0.3 is 0 Å². The minimum Gasteiger partial charge on any atom is -0.382 e. The lowest BCUT2D eigenvalue weighted by atomic mass is 10.3. The molecule has 2 nitrogen and oxygen atoms in total. The highest BCUT2D eigenvalue weighted by Gasteiger charge is 2.00. The van der Waals surface area contributed by atoms with Crippen LogP contribution in [0.3, 0.4) is 0 Å². The van der Waals surface area contributed by atoms with Gasteiger partial charge in [0.2, 0.25) is 0 Å². The monoisotopic (exact) mass is 193 g/mol. The second kappa shape index (κ2) is 4.68. The summed E-state index contributed by atoms with van der Waals surface area (Å²) in [5.41, 5.74) is 0.869. The summed E-state index contributed by atoms with van der Waals surface area (Å²) in [4.78, 5) is 7.25. The Morgan fingerprint density at radius 2 is 2.46 bits per heavy atom. The Kier molecular flexibility index (Phi) is 3.53. The van der Waals surface area contributed by atoms with Gasteiger partial charge < -0.3 is 4.84 Å². The first-order valence-corrected chi connectivity index (χ1v) is 4.72. The van der Waals surface area contributed by atoms with Crippen LogP contribution in [0.4, 0.5) is 0 Å². The van der Waals surface area contributed by atoms with Gasteiger partial charge in [-0.05, 0) is 26.0 Å². The average molecular weight is 193 g/mol. The molecule has 0 atom stereocenters. The van der Waals surface area contributed by atoms with Crippen molar-refractivity contribution in [2.24, 2.45) is 5.16 Å². The van der Waals surface area contributed by atoms with Crippen LogP contribution in [-0.2, 0) is 4.84 Å². The van der Waals surface area contributed by atoms with E-state index in [9.17, 15) is 0 Å². The van der Waals surface area contributed by atoms with Gasteiger partial charge in [0.25, 0.3) is 0 Å². The molecule has 0 aromatic carbocycles. The van der Waals surface area contributed by atoms with Crippen LogP contribution in [0.1, 0.15) is 16.7 Å². The largest absolute Gasteiger partial charge is 0.382 e. The summed E-state index contributed by atoms with van der Waals surface area (Å²) in [7, 11) is 0. The summed E-state index contributed by atoms with van der Waals surface area (Å²) in [6.07, 6.45) is 5.02. The first kappa shape index (κ1) is 9.82. The van der Waals surface area contributed by atoms with E-state index in [1.807, 2.05) is 13.0 Å². The fourth-order valence-electron chi connectivity index (χ4n) is 0.840. The van der Waals surface area contributed by atoms with E-state index < -0.39 is 0 Å². The SMILES string of the molecule is C#CCO/N=C(/C)c1ccc(C)s1. The molecule has 0 fully saturated rings. The van der Waals surface area contributed by atoms with E-state index in [1.165, 1.54) is 4.88 Å². The molecule has 0 saturated carbocycles. The second-order valence-corrected chi connectivity index (χ2v) is 3.85. The Morgan fingerprint density at radius 1 is 1.69 bits per heavy atom. The maximum atomic E-state index is 5.02. The smallest absolute Gasteiger partial charge is 0.177 e. The summed E-state index contributed by atoms with van der Waals surface area (Å²) in [6.45, 7) is 4.19. The van der Waals surface area contributed by atoms with Gasteiger partial charge in [0.1, 0.15) is 0 Å². The predicted molar refractivity (Wildman–Crippen MR) is 56.1 cm³/mol. The third-order valence-corrected chi connectivity index (χ3v) is 2.56. The topological polar surface area (TPSA) is 21.6 Å². The highest BCUT2D eigenvalue weighted by molar-refractivity contribution is 7.14. The minimum absolute atomic E-state index is 0.224. The molecule has 0 saturated heterocycles. The lowest BCUT2D eigenvalue weighted by Crippen LogP contribution is -1.92. The van der Waals surface area contributed by atoms with Crippen LogP contribution in [0.15, 0.2) is 17.3 Å². The number of hydrogen-bond acceptors (Lipinski definition) is 3. The molecule has 0 radical (unpaired) electrons. The Hall–Kier alpha value is -1.27. The van der Waals surface area contributed by atoms with E-state index in [-0.39, 0.29) is 6.61 Å². The molecule has 0 aliphatic carbocycles. The van der Waals surface area contributed by atoms with Gasteiger partial charge in [-0.2, -0.15) is 0 Å². The zero-order chi connectivity index (χ0) is 9.68. The minimum atomic E-state index is 0.224. The molecule has 0 bridgehead atoms. The number of oxime groups is 1. The molecule has 13 heavy (non-hydrogen) atoms. The maximum absolute atomic E-state index is 5.02. The molecule has 1 rings (SSSR count). The molecular formula is C10H11NOS. The van der Waals surface area contributed by atoms with E-state index in [1.54, 1.807) is 11.3 Å². The zero-order valence-corrected chi connectivity index (χ0v) is 8.52. The van der Waals surface area contributed by atoms with Crippen LogP contribution in [0.2, 0.25) is 0 Å². The predicted octanol–water partition coefficient (Wildman–Crippen LogP) is 2.43. The summed E-state index contributed by atoms with van der Waals surface area (Å²) >= 11 is 1.69. The Labute approximate surface area is 82.2 Å². The number of terminal acetylenes is 1. The number of rotatable bonds is 3. The van der Waals surface area contributed by atoms with Crippen LogP contribution in [0.5, 0.6) is 0 Å². The first-order valence-electron chi connectivity index (χ1n) is 3.91. The summed E-state index contributed by atoms with van der Waals surface area (Å²) in [5, 5.41) is 3.88. The van der Waals surface area contributed by atoms with Crippen molar-refractivity contribution in [3.8, 4) is 12.3 Å². The number of nitrogens with zero attached hydrogens (tertiary/aromatic N) is 1. The standard InChI is InChI=1S/C10H11NOS/c1-4-7-12-11-9(3)10-6-5-8(2)13-10/h1,5-6H,7H2,2-3H3/b11-9-. The van der Waals surface area contributed by atoms with Crippen LogP contribution in [0, 0.1) is 19.3 Å². The third-order valence-electron chi connectivity index (χ3n) is 1.45. The van der Waals surface area contributed by atoms with E-state index in [0.29, 0.717) is 0 Å². The normalized spacial score (nSPS) is 11.0. The molecule has 1 aromatic rings. The molecule has 1 aromatic heterocycles. The van der Waals surface area contributed by atoms with E-state index in [2.05, 4.69) is 24.1 Å². The van der Waals surface area contributed by atoms with Gasteiger partial charge in [0.15, 0.2) is 6.61 Å². The summed E-state index contributed by atoms with van der Waals surface area (Å²) in [6, 6.07) is 4.08. The quantitative estimate of drug-likeness (QED) is 0.313. The number of thiophene rings is 1. The number of hydrogen-bond donors (Lipinski definition) is 0. The summed E-state index contributed by atoms with van der Waals surface area (Å²) < 4.78 is 0. The average Bonchev–Trinajstić information content (AvgIpc) is 2.52. The van der Waals surface area contributed by atoms with Gasteiger partial charge in [-0.25, -0.2) is 0 Å². The Balaban J connectivity index is 2.63. The molecule has 0 unspecified atom stereocenters. The zero-order valence-electron chi connectivity index (χ0n) is 7.70. The van der Waals surface area contributed by atoms with E-state index in [0.717, 1.165) is 10.6 Å². The fourth-order valence-corrected chi connectivity index (χ4v) is 1.64. The molecule has 68 valence electrons. The first-order chi connectivity index (χ1) is 6.24. The summed E-state index contributed by atoms with van der Waals surface area (Å²) in [5.74, 6) is 2.35. The van der Waals surface area contributed by atoms with Crippen LogP contribution < -0.4 is 0 Å². The molecule has 3 heteroatoms. The van der Waals surface area contributed by atoms with Crippen molar-refractivity contribution in [1.82, 2.24) is 0 Å². The van der Waals surface area contributed by atoms with Gasteiger partial charge in [0.05, 0.1) is 10.6 Å². The molecule has 1 heterocycles. The van der Waals surface area contributed by atoms with Crippen LogP contribution in [0.25, 0.3) is 0 Å². The molecule has 0 amide bonds. The van der Waals surface area contributed by atoms with Crippen molar-refractivity contribution in [2.45, 2.75) is 13.8 Å².